The molecule has 0 aliphatic carbocycles. The van der Waals surface area contributed by atoms with Gasteiger partial charge in [0.05, 0.1) is 12.1 Å². The molecule has 5 nitrogen and oxygen atoms in total. The molecule has 2 atom stereocenters. The fourth-order valence-electron chi connectivity index (χ4n) is 1.91. The molecule has 1 heterocycles. The normalized spacial score (nSPS) is 14.2. The molecule has 1 aromatic heterocycles. The molecule has 0 saturated heterocycles. The monoisotopic (exact) mass is 312 g/mol. The summed E-state index contributed by atoms with van der Waals surface area (Å²) in [7, 11) is 0. The second-order valence-electron chi connectivity index (χ2n) is 4.44. The average Bonchev–Trinajstić information content (AvgIpc) is 2.78. The number of benzene rings is 1. The van der Waals surface area contributed by atoms with Gasteiger partial charge in [-0.25, -0.2) is 0 Å². The Bertz CT molecular complexity index is 661. The van der Waals surface area contributed by atoms with Crippen molar-refractivity contribution < 1.29 is 14.3 Å². The van der Waals surface area contributed by atoms with Crippen LogP contribution in [0.5, 0.6) is 0 Å². The molecular formula is C13H16N2O3S2. The third-order valence-electron chi connectivity index (χ3n) is 3.08. The summed E-state index contributed by atoms with van der Waals surface area (Å²) in [6.45, 7) is 1.89. The van der Waals surface area contributed by atoms with Gasteiger partial charge in [-0.1, -0.05) is 0 Å². The maximum absolute atomic E-state index is 12.2. The molecule has 2 aromatic rings. The van der Waals surface area contributed by atoms with Crippen molar-refractivity contribution in [2.45, 2.75) is 18.2 Å². The first-order valence-electron chi connectivity index (χ1n) is 6.12. The minimum absolute atomic E-state index is 0.0219. The molecule has 0 saturated carbocycles. The molecular weight excluding hydrogens is 296 g/mol. The number of nitrogens with one attached hydrogen (secondary N) is 2. The highest BCUT2D eigenvalue weighted by Crippen LogP contribution is 2.16. The standard InChI is InChI=1S/C13H16N2O3S2/c1-7(11(6-16)20-2)14-12(17)8-3-4-9-10(5-8)18-13(19)15-9/h3-5,7,11,16H,6H2,1-2H3,(H,14,17)(H,15,19)/t7-,11+/m1/s1. The van der Waals surface area contributed by atoms with Gasteiger partial charge < -0.3 is 19.8 Å². The summed E-state index contributed by atoms with van der Waals surface area (Å²) in [6, 6.07) is 4.98. The fraction of sp³-hybridized carbons (Fsp3) is 0.385. The van der Waals surface area contributed by atoms with E-state index in [4.69, 9.17) is 16.6 Å². The Kier molecular flexibility index (Phi) is 4.85. The molecule has 7 heteroatoms. The van der Waals surface area contributed by atoms with Gasteiger partial charge in [-0.2, -0.15) is 11.8 Å². The van der Waals surface area contributed by atoms with Crippen LogP contribution in [-0.4, -0.2) is 40.2 Å². The van der Waals surface area contributed by atoms with Gasteiger partial charge in [-0.15, -0.1) is 0 Å². The van der Waals surface area contributed by atoms with Gasteiger partial charge in [-0.05, 0) is 43.6 Å². The highest BCUT2D eigenvalue weighted by Gasteiger charge is 2.18. The van der Waals surface area contributed by atoms with Gasteiger partial charge in [0, 0.05) is 16.9 Å². The Labute approximate surface area is 125 Å². The number of thioether (sulfide) groups is 1. The number of aromatic nitrogens is 1. The third kappa shape index (κ3) is 3.23. The molecule has 0 aliphatic rings. The zero-order valence-corrected chi connectivity index (χ0v) is 12.8. The smallest absolute Gasteiger partial charge is 0.266 e. The number of amides is 1. The molecule has 0 unspecified atom stereocenters. The number of hydrogen-bond donors (Lipinski definition) is 3. The SMILES string of the molecule is CS[C@@H](CO)[C@@H](C)NC(=O)c1ccc2[nH]c(=S)oc2c1. The fourth-order valence-corrected chi connectivity index (χ4v) is 2.73. The van der Waals surface area contributed by atoms with Crippen molar-refractivity contribution in [3.05, 3.63) is 28.6 Å². The minimum Gasteiger partial charge on any atom is -0.429 e. The molecule has 0 fully saturated rings. The first-order valence-corrected chi connectivity index (χ1v) is 7.82. The van der Waals surface area contributed by atoms with Crippen LogP contribution in [0.15, 0.2) is 22.6 Å². The summed E-state index contributed by atoms with van der Waals surface area (Å²) in [5.74, 6) is -0.200. The number of fused-ring (bicyclic) bond motifs is 1. The number of aliphatic hydroxyl groups excluding tert-OH is 1. The van der Waals surface area contributed by atoms with Crippen molar-refractivity contribution in [3.8, 4) is 0 Å². The Morgan fingerprint density at radius 1 is 1.60 bits per heavy atom. The predicted octanol–water partition coefficient (Wildman–Crippen LogP) is 2.33. The number of carbonyl (C=O) groups is 1. The van der Waals surface area contributed by atoms with E-state index in [1.165, 1.54) is 11.8 Å². The van der Waals surface area contributed by atoms with Crippen molar-refractivity contribution in [1.82, 2.24) is 10.3 Å². The van der Waals surface area contributed by atoms with E-state index in [2.05, 4.69) is 10.3 Å². The lowest BCUT2D eigenvalue weighted by Gasteiger charge is -2.21. The second-order valence-corrected chi connectivity index (χ2v) is 5.89. The highest BCUT2D eigenvalue weighted by atomic mass is 32.2. The van der Waals surface area contributed by atoms with E-state index in [0.29, 0.717) is 11.1 Å². The van der Waals surface area contributed by atoms with Gasteiger partial charge >= 0.3 is 0 Å². The molecule has 1 aromatic carbocycles. The van der Waals surface area contributed by atoms with E-state index < -0.39 is 0 Å². The Hall–Kier alpha value is -1.31. The predicted molar refractivity (Wildman–Crippen MR) is 82.7 cm³/mol. The van der Waals surface area contributed by atoms with Crippen LogP contribution in [0.3, 0.4) is 0 Å². The van der Waals surface area contributed by atoms with Crippen molar-refractivity contribution in [3.63, 3.8) is 0 Å². The van der Waals surface area contributed by atoms with Crippen LogP contribution in [0.2, 0.25) is 0 Å². The van der Waals surface area contributed by atoms with Gasteiger partial charge in [0.1, 0.15) is 0 Å². The number of H-pyrrole nitrogens is 1. The summed E-state index contributed by atoms with van der Waals surface area (Å²) in [5, 5.41) is 12.1. The van der Waals surface area contributed by atoms with E-state index in [0.717, 1.165) is 5.52 Å². The maximum Gasteiger partial charge on any atom is 0.266 e. The quantitative estimate of drug-likeness (QED) is 0.739. The molecule has 0 spiro atoms. The van der Waals surface area contributed by atoms with Crippen LogP contribution in [0, 0.1) is 4.84 Å². The lowest BCUT2D eigenvalue weighted by atomic mass is 10.1. The first kappa shape index (κ1) is 15.1. The second kappa shape index (κ2) is 6.43. The van der Waals surface area contributed by atoms with Crippen molar-refractivity contribution in [2.24, 2.45) is 0 Å². The van der Waals surface area contributed by atoms with Gasteiger partial charge in [0.15, 0.2) is 5.58 Å². The number of rotatable bonds is 5. The zero-order chi connectivity index (χ0) is 14.7. The number of aliphatic hydroxyl groups is 1. The van der Waals surface area contributed by atoms with Gasteiger partial charge in [0.25, 0.3) is 10.7 Å². The van der Waals surface area contributed by atoms with E-state index >= 15 is 0 Å². The van der Waals surface area contributed by atoms with Crippen molar-refractivity contribution in [2.75, 3.05) is 12.9 Å². The summed E-state index contributed by atoms with van der Waals surface area (Å²) in [5.41, 5.74) is 1.82. The topological polar surface area (TPSA) is 78.3 Å². The average molecular weight is 312 g/mol. The highest BCUT2D eigenvalue weighted by molar-refractivity contribution is 7.99. The number of carbonyl (C=O) groups excluding carboxylic acids is 1. The molecule has 108 valence electrons. The van der Waals surface area contributed by atoms with Crippen LogP contribution >= 0.6 is 24.0 Å². The number of aromatic amines is 1. The third-order valence-corrected chi connectivity index (χ3v) is 4.43. The van der Waals surface area contributed by atoms with Crippen molar-refractivity contribution in [1.29, 1.82) is 0 Å². The summed E-state index contributed by atoms with van der Waals surface area (Å²) in [6.07, 6.45) is 1.90. The van der Waals surface area contributed by atoms with Crippen LogP contribution in [0.4, 0.5) is 0 Å². The summed E-state index contributed by atoms with van der Waals surface area (Å²) >= 11 is 6.42. The largest absolute Gasteiger partial charge is 0.429 e. The van der Waals surface area contributed by atoms with Gasteiger partial charge in [-0.3, -0.25) is 4.79 Å². The number of hydrogen-bond acceptors (Lipinski definition) is 5. The first-order chi connectivity index (χ1) is 9.55. The lowest BCUT2D eigenvalue weighted by Crippen LogP contribution is -2.41. The van der Waals surface area contributed by atoms with Crippen molar-refractivity contribution >= 4 is 41.0 Å². The van der Waals surface area contributed by atoms with Crippen LogP contribution in [-0.2, 0) is 0 Å². The van der Waals surface area contributed by atoms with E-state index in [1.807, 2.05) is 13.2 Å². The Morgan fingerprint density at radius 2 is 2.35 bits per heavy atom. The van der Waals surface area contributed by atoms with Crippen LogP contribution in [0.25, 0.3) is 11.1 Å². The van der Waals surface area contributed by atoms with Gasteiger partial charge in [0.2, 0.25) is 0 Å². The lowest BCUT2D eigenvalue weighted by molar-refractivity contribution is 0.0936. The Morgan fingerprint density at radius 3 is 3.00 bits per heavy atom. The summed E-state index contributed by atoms with van der Waals surface area (Å²) < 4.78 is 5.29. The molecule has 0 bridgehead atoms. The zero-order valence-electron chi connectivity index (χ0n) is 11.2. The Balaban J connectivity index is 2.16. The van der Waals surface area contributed by atoms with E-state index in [1.54, 1.807) is 18.2 Å². The molecule has 20 heavy (non-hydrogen) atoms. The maximum atomic E-state index is 12.2. The molecule has 3 N–H and O–H groups in total. The molecule has 1 amide bonds. The molecule has 0 aliphatic heterocycles. The minimum atomic E-state index is -0.200. The number of oxazole rings is 1. The summed E-state index contributed by atoms with van der Waals surface area (Å²) in [4.78, 5) is 15.3. The van der Waals surface area contributed by atoms with Crippen LogP contribution in [0.1, 0.15) is 17.3 Å². The molecule has 0 radical (unpaired) electrons. The van der Waals surface area contributed by atoms with Crippen LogP contribution < -0.4 is 5.32 Å². The van der Waals surface area contributed by atoms with E-state index in [-0.39, 0.29) is 28.6 Å². The molecule has 2 rings (SSSR count). The van der Waals surface area contributed by atoms with E-state index in [9.17, 15) is 9.90 Å².